The van der Waals surface area contributed by atoms with Gasteiger partial charge in [0, 0.05) is 12.5 Å². The van der Waals surface area contributed by atoms with Gasteiger partial charge in [0.05, 0.1) is 0 Å². The summed E-state index contributed by atoms with van der Waals surface area (Å²) in [5, 5.41) is 3.51. The van der Waals surface area contributed by atoms with Crippen molar-refractivity contribution in [1.82, 2.24) is 5.32 Å². The SMILES string of the molecule is CC1CC(C)(C)CC2(CCNCC2c2ccccc2F)C1. The summed E-state index contributed by atoms with van der Waals surface area (Å²) in [5.74, 6) is 1.03. The van der Waals surface area contributed by atoms with Gasteiger partial charge in [0.1, 0.15) is 5.82 Å². The molecule has 0 radical (unpaired) electrons. The largest absolute Gasteiger partial charge is 0.316 e. The summed E-state index contributed by atoms with van der Waals surface area (Å²) in [6.45, 7) is 9.16. The number of halogens is 1. The Morgan fingerprint density at radius 2 is 1.95 bits per heavy atom. The fourth-order valence-electron chi connectivity index (χ4n) is 5.43. The maximum absolute atomic E-state index is 14.4. The maximum atomic E-state index is 14.4. The predicted molar refractivity (Wildman–Crippen MR) is 85.9 cm³/mol. The second kappa shape index (κ2) is 5.39. The highest BCUT2D eigenvalue weighted by Gasteiger charge is 2.49. The molecule has 2 aliphatic rings. The lowest BCUT2D eigenvalue weighted by Crippen LogP contribution is -2.49. The molecule has 1 spiro atoms. The van der Waals surface area contributed by atoms with Gasteiger partial charge in [-0.3, -0.25) is 0 Å². The van der Waals surface area contributed by atoms with Crippen LogP contribution in [-0.4, -0.2) is 13.1 Å². The van der Waals surface area contributed by atoms with E-state index in [4.69, 9.17) is 0 Å². The van der Waals surface area contributed by atoms with Gasteiger partial charge in [0.15, 0.2) is 0 Å². The van der Waals surface area contributed by atoms with Crippen LogP contribution in [0.15, 0.2) is 24.3 Å². The van der Waals surface area contributed by atoms with E-state index in [0.29, 0.717) is 11.3 Å². The topological polar surface area (TPSA) is 12.0 Å². The average Bonchev–Trinajstić information content (AvgIpc) is 2.37. The van der Waals surface area contributed by atoms with Crippen molar-refractivity contribution >= 4 is 0 Å². The van der Waals surface area contributed by atoms with E-state index >= 15 is 0 Å². The molecule has 1 saturated carbocycles. The highest BCUT2D eigenvalue weighted by Crippen LogP contribution is 2.57. The molecule has 1 saturated heterocycles. The fourth-order valence-corrected chi connectivity index (χ4v) is 5.43. The zero-order valence-corrected chi connectivity index (χ0v) is 13.6. The van der Waals surface area contributed by atoms with Crippen LogP contribution < -0.4 is 5.32 Å². The maximum Gasteiger partial charge on any atom is 0.126 e. The van der Waals surface area contributed by atoms with Crippen LogP contribution in [0.5, 0.6) is 0 Å². The molecule has 1 nitrogen and oxygen atoms in total. The van der Waals surface area contributed by atoms with Gasteiger partial charge in [-0.05, 0) is 60.6 Å². The van der Waals surface area contributed by atoms with E-state index < -0.39 is 0 Å². The summed E-state index contributed by atoms with van der Waals surface area (Å²) < 4.78 is 14.4. The molecule has 1 heterocycles. The molecule has 2 fully saturated rings. The molecule has 3 rings (SSSR count). The van der Waals surface area contributed by atoms with E-state index in [9.17, 15) is 4.39 Å². The van der Waals surface area contributed by atoms with Crippen LogP contribution in [-0.2, 0) is 0 Å². The van der Waals surface area contributed by atoms with Crippen molar-refractivity contribution in [1.29, 1.82) is 0 Å². The Hall–Kier alpha value is -0.890. The first kappa shape index (κ1) is 15.0. The normalized spacial score (nSPS) is 35.8. The number of rotatable bonds is 1. The van der Waals surface area contributed by atoms with Gasteiger partial charge in [0.25, 0.3) is 0 Å². The number of hydrogen-bond acceptors (Lipinski definition) is 1. The third-order valence-electron chi connectivity index (χ3n) is 5.65. The molecule has 21 heavy (non-hydrogen) atoms. The first-order chi connectivity index (χ1) is 9.92. The summed E-state index contributed by atoms with van der Waals surface area (Å²) in [5.41, 5.74) is 1.57. The van der Waals surface area contributed by atoms with Crippen LogP contribution in [0.4, 0.5) is 4.39 Å². The van der Waals surface area contributed by atoms with E-state index in [1.165, 1.54) is 25.7 Å². The molecule has 0 amide bonds. The molecule has 1 aliphatic carbocycles. The lowest BCUT2D eigenvalue weighted by atomic mass is 9.53. The van der Waals surface area contributed by atoms with E-state index in [0.717, 1.165) is 24.6 Å². The molecule has 0 aromatic heterocycles. The molecule has 1 N–H and O–H groups in total. The van der Waals surface area contributed by atoms with Gasteiger partial charge in [-0.25, -0.2) is 4.39 Å². The first-order valence-electron chi connectivity index (χ1n) is 8.37. The summed E-state index contributed by atoms with van der Waals surface area (Å²) >= 11 is 0. The van der Waals surface area contributed by atoms with Crippen molar-refractivity contribution in [3.05, 3.63) is 35.6 Å². The van der Waals surface area contributed by atoms with E-state index in [-0.39, 0.29) is 11.2 Å². The van der Waals surface area contributed by atoms with Gasteiger partial charge < -0.3 is 5.32 Å². The second-order valence-electron chi connectivity index (χ2n) is 8.25. The molecule has 1 aromatic carbocycles. The minimum atomic E-state index is -0.0263. The van der Waals surface area contributed by atoms with Gasteiger partial charge >= 0.3 is 0 Å². The Kier molecular flexibility index (Phi) is 3.85. The van der Waals surface area contributed by atoms with Crippen LogP contribution >= 0.6 is 0 Å². The van der Waals surface area contributed by atoms with Crippen molar-refractivity contribution in [2.45, 2.75) is 52.4 Å². The van der Waals surface area contributed by atoms with E-state index in [1.807, 2.05) is 12.1 Å². The lowest BCUT2D eigenvalue weighted by molar-refractivity contribution is 0.00411. The fraction of sp³-hybridized carbons (Fsp3) is 0.684. The standard InChI is InChI=1S/C19H28FN/c1-14-10-18(2,3)13-19(11-14)8-9-21-12-16(19)15-6-4-5-7-17(15)20/h4-7,14,16,21H,8-13H2,1-3H3. The van der Waals surface area contributed by atoms with Crippen molar-refractivity contribution < 1.29 is 4.39 Å². The number of nitrogens with one attached hydrogen (secondary N) is 1. The lowest BCUT2D eigenvalue weighted by Gasteiger charge is -2.54. The van der Waals surface area contributed by atoms with Gasteiger partial charge in [-0.1, -0.05) is 39.0 Å². The molecule has 0 bridgehead atoms. The van der Waals surface area contributed by atoms with Gasteiger partial charge in [0.2, 0.25) is 0 Å². The van der Waals surface area contributed by atoms with Crippen LogP contribution in [0.2, 0.25) is 0 Å². The Balaban J connectivity index is 2.00. The molecule has 1 aliphatic heterocycles. The average molecular weight is 289 g/mol. The zero-order chi connectivity index (χ0) is 15.1. The summed E-state index contributed by atoms with van der Waals surface area (Å²) in [4.78, 5) is 0. The van der Waals surface area contributed by atoms with Crippen molar-refractivity contribution in [3.63, 3.8) is 0 Å². The summed E-state index contributed by atoms with van der Waals surface area (Å²) in [6, 6.07) is 7.41. The third kappa shape index (κ3) is 2.88. The smallest absolute Gasteiger partial charge is 0.126 e. The zero-order valence-electron chi connectivity index (χ0n) is 13.6. The number of benzene rings is 1. The molecule has 3 atom stereocenters. The monoisotopic (exact) mass is 289 g/mol. The quantitative estimate of drug-likeness (QED) is 0.787. The second-order valence-corrected chi connectivity index (χ2v) is 8.25. The molecule has 116 valence electrons. The van der Waals surface area contributed by atoms with Crippen molar-refractivity contribution in [3.8, 4) is 0 Å². The van der Waals surface area contributed by atoms with Crippen molar-refractivity contribution in [2.75, 3.05) is 13.1 Å². The predicted octanol–water partition coefficient (Wildman–Crippen LogP) is 4.74. The number of hydrogen-bond donors (Lipinski definition) is 1. The van der Waals surface area contributed by atoms with Crippen LogP contribution in [0.25, 0.3) is 0 Å². The van der Waals surface area contributed by atoms with Crippen molar-refractivity contribution in [2.24, 2.45) is 16.7 Å². The minimum Gasteiger partial charge on any atom is -0.316 e. The van der Waals surface area contributed by atoms with E-state index in [2.05, 4.69) is 26.1 Å². The summed E-state index contributed by atoms with van der Waals surface area (Å²) in [6.07, 6.45) is 4.95. The molecular weight excluding hydrogens is 261 g/mol. The Morgan fingerprint density at radius 1 is 1.19 bits per heavy atom. The van der Waals surface area contributed by atoms with Crippen LogP contribution in [0.1, 0.15) is 57.9 Å². The third-order valence-corrected chi connectivity index (χ3v) is 5.65. The Morgan fingerprint density at radius 3 is 2.67 bits per heavy atom. The summed E-state index contributed by atoms with van der Waals surface area (Å²) in [7, 11) is 0. The first-order valence-corrected chi connectivity index (χ1v) is 8.37. The molecule has 1 aromatic rings. The van der Waals surface area contributed by atoms with Gasteiger partial charge in [-0.2, -0.15) is 0 Å². The Bertz CT molecular complexity index is 510. The number of piperidine rings is 1. The van der Waals surface area contributed by atoms with Gasteiger partial charge in [-0.15, -0.1) is 0 Å². The van der Waals surface area contributed by atoms with E-state index in [1.54, 1.807) is 12.1 Å². The van der Waals surface area contributed by atoms with Crippen LogP contribution in [0, 0.1) is 22.6 Å². The highest BCUT2D eigenvalue weighted by molar-refractivity contribution is 5.26. The minimum absolute atomic E-state index is 0.0263. The highest BCUT2D eigenvalue weighted by atomic mass is 19.1. The molecular formula is C19H28FN. The molecule has 3 unspecified atom stereocenters. The molecule has 2 heteroatoms. The van der Waals surface area contributed by atoms with Crippen LogP contribution in [0.3, 0.4) is 0 Å². The Labute approximate surface area is 128 Å².